The van der Waals surface area contributed by atoms with E-state index in [1.54, 1.807) is 0 Å². The smallest absolute Gasteiger partial charge is 0.107 e. The predicted molar refractivity (Wildman–Crippen MR) is 87.1 cm³/mol. The zero-order valence-electron chi connectivity index (χ0n) is 9.31. The van der Waals surface area contributed by atoms with Gasteiger partial charge in [0.25, 0.3) is 0 Å². The fourth-order valence-electron chi connectivity index (χ4n) is 1.69. The monoisotopic (exact) mass is 427 g/mol. The summed E-state index contributed by atoms with van der Waals surface area (Å²) in [5.41, 5.74) is 1.03. The molecule has 0 fully saturated rings. The number of benzene rings is 1. The second kappa shape index (κ2) is 6.25. The Balaban J connectivity index is 2.48. The first-order chi connectivity index (χ1) is 8.52. The Labute approximate surface area is 137 Å². The zero-order valence-corrected chi connectivity index (χ0v) is 14.8. The lowest BCUT2D eigenvalue weighted by Gasteiger charge is -2.16. The highest BCUT2D eigenvalue weighted by atomic mass is 79.9. The molecule has 1 unspecified atom stereocenters. The van der Waals surface area contributed by atoms with E-state index in [1.807, 2.05) is 31.3 Å². The molecular weight excluding hydrogens is 421 g/mol. The van der Waals surface area contributed by atoms with Crippen LogP contribution in [0.2, 0.25) is 9.36 Å². The van der Waals surface area contributed by atoms with Crippen molar-refractivity contribution in [1.29, 1.82) is 0 Å². The fraction of sp³-hybridized carbons (Fsp3) is 0.167. The summed E-state index contributed by atoms with van der Waals surface area (Å²) < 4.78 is 2.66. The molecule has 1 aromatic heterocycles. The van der Waals surface area contributed by atoms with Crippen molar-refractivity contribution >= 4 is 66.4 Å². The molecule has 2 rings (SSSR count). The van der Waals surface area contributed by atoms with Crippen LogP contribution in [0.1, 0.15) is 16.5 Å². The largest absolute Gasteiger partial charge is 0.309 e. The summed E-state index contributed by atoms with van der Waals surface area (Å²) in [5.74, 6) is 0. The molecule has 96 valence electrons. The maximum atomic E-state index is 6.27. The lowest BCUT2D eigenvalue weighted by atomic mass is 10.1. The van der Waals surface area contributed by atoms with E-state index < -0.39 is 0 Å². The molecule has 6 heteroatoms. The van der Waals surface area contributed by atoms with E-state index in [0.29, 0.717) is 0 Å². The average Bonchev–Trinajstić information content (AvgIpc) is 2.65. The van der Waals surface area contributed by atoms with E-state index in [4.69, 9.17) is 23.2 Å². The quantitative estimate of drug-likeness (QED) is 0.641. The van der Waals surface area contributed by atoms with Crippen LogP contribution >= 0.6 is 66.4 Å². The number of rotatable bonds is 3. The Morgan fingerprint density at radius 1 is 1.22 bits per heavy atom. The van der Waals surface area contributed by atoms with E-state index in [2.05, 4.69) is 37.2 Å². The molecule has 0 aliphatic rings. The molecule has 1 atom stereocenters. The van der Waals surface area contributed by atoms with Gasteiger partial charge in [-0.15, -0.1) is 11.3 Å². The normalized spacial score (nSPS) is 12.7. The molecule has 0 bridgehead atoms. The van der Waals surface area contributed by atoms with Gasteiger partial charge in [-0.05, 0) is 52.8 Å². The van der Waals surface area contributed by atoms with E-state index in [-0.39, 0.29) is 6.04 Å². The predicted octanol–water partition coefficient (Wildman–Crippen LogP) is 5.89. The number of nitrogens with one attached hydrogen (secondary N) is 1. The average molecular weight is 430 g/mol. The van der Waals surface area contributed by atoms with Crippen LogP contribution in [0, 0.1) is 0 Å². The van der Waals surface area contributed by atoms with Crippen molar-refractivity contribution in [2.24, 2.45) is 0 Å². The van der Waals surface area contributed by atoms with Gasteiger partial charge in [0.2, 0.25) is 0 Å². The van der Waals surface area contributed by atoms with Gasteiger partial charge in [0.05, 0.1) is 6.04 Å². The van der Waals surface area contributed by atoms with Gasteiger partial charge in [0, 0.05) is 18.8 Å². The Morgan fingerprint density at radius 3 is 2.50 bits per heavy atom. The Kier molecular flexibility index (Phi) is 5.14. The van der Waals surface area contributed by atoms with Gasteiger partial charge >= 0.3 is 0 Å². The molecule has 0 aliphatic heterocycles. The molecule has 1 heterocycles. The minimum Gasteiger partial charge on any atom is -0.309 e. The summed E-state index contributed by atoms with van der Waals surface area (Å²) in [6.07, 6.45) is 0. The van der Waals surface area contributed by atoms with Gasteiger partial charge in [-0.25, -0.2) is 0 Å². The summed E-state index contributed by atoms with van der Waals surface area (Å²) >= 11 is 20.8. The van der Waals surface area contributed by atoms with Crippen molar-refractivity contribution in [3.63, 3.8) is 0 Å². The van der Waals surface area contributed by atoms with Crippen molar-refractivity contribution in [3.05, 3.63) is 53.0 Å². The van der Waals surface area contributed by atoms with Crippen LogP contribution in [0.15, 0.2) is 33.2 Å². The van der Waals surface area contributed by atoms with E-state index in [0.717, 1.165) is 28.7 Å². The van der Waals surface area contributed by atoms with Gasteiger partial charge < -0.3 is 5.32 Å². The van der Waals surface area contributed by atoms with Crippen LogP contribution in [-0.4, -0.2) is 7.05 Å². The van der Waals surface area contributed by atoms with Gasteiger partial charge in [0.15, 0.2) is 0 Å². The van der Waals surface area contributed by atoms with Gasteiger partial charge in [-0.3, -0.25) is 0 Å². The third kappa shape index (κ3) is 3.11. The zero-order chi connectivity index (χ0) is 13.3. The third-order valence-corrected chi connectivity index (χ3v) is 5.88. The Hall–Kier alpha value is 0.420. The first-order valence-corrected chi connectivity index (χ1v) is 8.25. The molecule has 18 heavy (non-hydrogen) atoms. The SMILES string of the molecule is CNC(c1cc(Br)c(Cl)s1)c1cc(Br)ccc1Cl. The molecule has 0 amide bonds. The molecule has 2 aromatic rings. The second-order valence-electron chi connectivity index (χ2n) is 3.66. The molecule has 1 N–H and O–H groups in total. The Morgan fingerprint density at radius 2 is 1.94 bits per heavy atom. The summed E-state index contributed by atoms with van der Waals surface area (Å²) in [7, 11) is 1.91. The first kappa shape index (κ1) is 14.8. The van der Waals surface area contributed by atoms with Crippen LogP contribution in [0.5, 0.6) is 0 Å². The molecule has 1 aromatic carbocycles. The minimum atomic E-state index is 0.0313. The fourth-order valence-corrected chi connectivity index (χ4v) is 4.16. The van der Waals surface area contributed by atoms with Gasteiger partial charge in [-0.1, -0.05) is 39.1 Å². The number of hydrogen-bond acceptors (Lipinski definition) is 2. The molecular formula is C12H9Br2Cl2NS. The van der Waals surface area contributed by atoms with Crippen molar-refractivity contribution in [3.8, 4) is 0 Å². The number of hydrogen-bond donors (Lipinski definition) is 1. The standard InChI is InChI=1S/C12H9Br2Cl2NS/c1-17-11(10-5-8(14)12(16)18-10)7-4-6(13)2-3-9(7)15/h2-5,11,17H,1H3. The second-order valence-corrected chi connectivity index (χ2v) is 7.52. The maximum absolute atomic E-state index is 6.27. The maximum Gasteiger partial charge on any atom is 0.107 e. The van der Waals surface area contributed by atoms with Gasteiger partial charge in [-0.2, -0.15) is 0 Å². The van der Waals surface area contributed by atoms with Crippen molar-refractivity contribution < 1.29 is 0 Å². The molecule has 0 saturated heterocycles. The van der Waals surface area contributed by atoms with E-state index in [9.17, 15) is 0 Å². The topological polar surface area (TPSA) is 12.0 Å². The van der Waals surface area contributed by atoms with Crippen LogP contribution < -0.4 is 5.32 Å². The van der Waals surface area contributed by atoms with Crippen LogP contribution in [0.4, 0.5) is 0 Å². The molecule has 0 spiro atoms. The van der Waals surface area contributed by atoms with E-state index in [1.165, 1.54) is 11.3 Å². The Bertz CT molecular complexity index is 552. The molecule has 1 nitrogen and oxygen atoms in total. The minimum absolute atomic E-state index is 0.0313. The van der Waals surface area contributed by atoms with Crippen LogP contribution in [0.3, 0.4) is 0 Å². The highest BCUT2D eigenvalue weighted by Gasteiger charge is 2.19. The lowest BCUT2D eigenvalue weighted by molar-refractivity contribution is 0.703. The first-order valence-electron chi connectivity index (χ1n) is 5.10. The summed E-state index contributed by atoms with van der Waals surface area (Å²) in [5, 5.41) is 4.00. The highest BCUT2D eigenvalue weighted by molar-refractivity contribution is 9.10. The van der Waals surface area contributed by atoms with Gasteiger partial charge in [0.1, 0.15) is 4.34 Å². The summed E-state index contributed by atoms with van der Waals surface area (Å²) in [6, 6.07) is 7.88. The molecule has 0 radical (unpaired) electrons. The summed E-state index contributed by atoms with van der Waals surface area (Å²) in [4.78, 5) is 1.12. The van der Waals surface area contributed by atoms with Crippen LogP contribution in [-0.2, 0) is 0 Å². The molecule has 0 aliphatic carbocycles. The lowest BCUT2D eigenvalue weighted by Crippen LogP contribution is -2.16. The van der Waals surface area contributed by atoms with Crippen molar-refractivity contribution in [1.82, 2.24) is 5.32 Å². The van der Waals surface area contributed by atoms with Crippen LogP contribution in [0.25, 0.3) is 0 Å². The molecule has 0 saturated carbocycles. The van der Waals surface area contributed by atoms with Crippen molar-refractivity contribution in [2.75, 3.05) is 7.05 Å². The summed E-state index contributed by atoms with van der Waals surface area (Å²) in [6.45, 7) is 0. The highest BCUT2D eigenvalue weighted by Crippen LogP contribution is 2.39. The number of halogens is 4. The van der Waals surface area contributed by atoms with Crippen molar-refractivity contribution in [2.45, 2.75) is 6.04 Å². The number of thiophene rings is 1. The van der Waals surface area contributed by atoms with E-state index >= 15 is 0 Å². The third-order valence-electron chi connectivity index (χ3n) is 2.51.